The highest BCUT2D eigenvalue weighted by molar-refractivity contribution is 6.05. The molecule has 9 heteroatoms. The molecule has 1 N–H and O–H groups in total. The van der Waals surface area contributed by atoms with E-state index in [9.17, 15) is 23.2 Å². The Labute approximate surface area is 159 Å². The number of hydrogen-bond acceptors (Lipinski definition) is 5. The number of alkyl halides is 3. The van der Waals surface area contributed by atoms with E-state index in [4.69, 9.17) is 4.74 Å². The molecule has 1 aliphatic heterocycles. The van der Waals surface area contributed by atoms with Crippen molar-refractivity contribution in [2.75, 3.05) is 26.0 Å². The van der Waals surface area contributed by atoms with Gasteiger partial charge in [-0.2, -0.15) is 18.4 Å². The number of carbonyl (C=O) groups excluding carboxylic acids is 1. The number of hydrogen-bond donors (Lipinski definition) is 1. The molecule has 0 fully saturated rings. The van der Waals surface area contributed by atoms with Crippen molar-refractivity contribution in [1.82, 2.24) is 9.88 Å². The van der Waals surface area contributed by atoms with Gasteiger partial charge in [0.25, 0.3) is 5.91 Å². The number of carbonyl (C=O) groups is 1. The van der Waals surface area contributed by atoms with Gasteiger partial charge in [0, 0.05) is 30.8 Å². The van der Waals surface area contributed by atoms with Crippen molar-refractivity contribution in [1.29, 1.82) is 5.26 Å². The van der Waals surface area contributed by atoms with E-state index >= 15 is 0 Å². The molecule has 1 aromatic carbocycles. The van der Waals surface area contributed by atoms with E-state index in [-0.39, 0.29) is 22.7 Å². The summed E-state index contributed by atoms with van der Waals surface area (Å²) in [6.07, 6.45) is -3.99. The van der Waals surface area contributed by atoms with Crippen LogP contribution in [0.15, 0.2) is 24.3 Å². The molecule has 1 aliphatic rings. The highest BCUT2D eigenvalue weighted by atomic mass is 19.4. The zero-order valence-corrected chi connectivity index (χ0v) is 15.2. The molecule has 0 saturated carbocycles. The topological polar surface area (TPSA) is 78.2 Å². The molecule has 0 unspecified atom stereocenters. The molecule has 1 amide bonds. The van der Waals surface area contributed by atoms with Gasteiger partial charge < -0.3 is 15.0 Å². The number of pyridine rings is 1. The lowest BCUT2D eigenvalue weighted by atomic mass is 10.0. The summed E-state index contributed by atoms with van der Waals surface area (Å²) in [5.74, 6) is -1.14. The fraction of sp³-hybridized carbons (Fsp3) is 0.316. The molecule has 0 bridgehead atoms. The van der Waals surface area contributed by atoms with Crippen molar-refractivity contribution in [3.8, 4) is 11.8 Å². The molecule has 146 valence electrons. The number of nitrogens with zero attached hydrogens (tertiary/aromatic N) is 3. The fourth-order valence-electron chi connectivity index (χ4n) is 3.06. The largest absolute Gasteiger partial charge is 0.496 e. The van der Waals surface area contributed by atoms with Crippen LogP contribution in [0.2, 0.25) is 0 Å². The van der Waals surface area contributed by atoms with Crippen molar-refractivity contribution in [2.45, 2.75) is 19.1 Å². The van der Waals surface area contributed by atoms with Crippen LogP contribution in [0.25, 0.3) is 0 Å². The van der Waals surface area contributed by atoms with E-state index in [2.05, 4.69) is 15.2 Å². The van der Waals surface area contributed by atoms with E-state index in [1.807, 2.05) is 13.1 Å². The summed E-state index contributed by atoms with van der Waals surface area (Å²) in [4.78, 5) is 18.9. The normalized spacial score (nSPS) is 14.1. The Hall–Kier alpha value is -3.12. The van der Waals surface area contributed by atoms with Crippen LogP contribution in [0.1, 0.15) is 32.9 Å². The first kappa shape index (κ1) is 19.6. The average molecular weight is 390 g/mol. The third-order valence-corrected chi connectivity index (χ3v) is 4.48. The first-order chi connectivity index (χ1) is 13.2. The number of halogens is 3. The molecule has 1 aromatic heterocycles. The molecule has 2 heterocycles. The lowest BCUT2D eigenvalue weighted by Crippen LogP contribution is -2.28. The molecule has 0 atom stereocenters. The minimum absolute atomic E-state index is 0.0289. The summed E-state index contributed by atoms with van der Waals surface area (Å²) in [5, 5.41) is 11.8. The molecule has 3 rings (SSSR count). The lowest BCUT2D eigenvalue weighted by molar-refractivity contribution is -0.138. The maximum absolute atomic E-state index is 13.2. The second-order valence-electron chi connectivity index (χ2n) is 6.46. The molecule has 0 spiro atoms. The second kappa shape index (κ2) is 7.48. The average Bonchev–Trinajstić information content (AvgIpc) is 2.66. The number of ether oxygens (including phenoxy) is 1. The van der Waals surface area contributed by atoms with Crippen molar-refractivity contribution in [3.05, 3.63) is 52.3 Å². The van der Waals surface area contributed by atoms with Gasteiger partial charge in [-0.3, -0.25) is 4.79 Å². The van der Waals surface area contributed by atoms with Crippen molar-refractivity contribution in [3.63, 3.8) is 0 Å². The Morgan fingerprint density at radius 2 is 2.11 bits per heavy atom. The van der Waals surface area contributed by atoms with Gasteiger partial charge in [0.15, 0.2) is 5.69 Å². The highest BCUT2D eigenvalue weighted by Gasteiger charge is 2.35. The van der Waals surface area contributed by atoms with Crippen LogP contribution in [0.5, 0.6) is 5.75 Å². The number of benzene rings is 1. The van der Waals surface area contributed by atoms with Gasteiger partial charge in [0.2, 0.25) is 0 Å². The smallest absolute Gasteiger partial charge is 0.419 e. The Morgan fingerprint density at radius 3 is 2.75 bits per heavy atom. The molecule has 0 saturated heterocycles. The molecule has 0 radical (unpaired) electrons. The Bertz CT molecular complexity index is 967. The monoisotopic (exact) mass is 390 g/mol. The molecule has 0 aliphatic carbocycles. The van der Waals surface area contributed by atoms with E-state index in [1.54, 1.807) is 6.07 Å². The standard InChI is InChI=1S/C19H17F3N4O2/c1-26-6-5-14-12(10-26)8-15(16(9-23)24-14)25-18(27)11-3-4-17(28-2)13(7-11)19(20,21)22/h3-4,7-8H,5-6,10H2,1-2H3,(H,25,27). The third-order valence-electron chi connectivity index (χ3n) is 4.48. The molecular weight excluding hydrogens is 373 g/mol. The number of nitrogens with one attached hydrogen (secondary N) is 1. The van der Waals surface area contributed by atoms with E-state index in [0.717, 1.165) is 37.0 Å². The summed E-state index contributed by atoms with van der Waals surface area (Å²) in [7, 11) is 3.06. The number of likely N-dealkylation sites (N-methyl/N-ethyl adjacent to an activating group) is 1. The van der Waals surface area contributed by atoms with Gasteiger partial charge in [-0.25, -0.2) is 4.98 Å². The summed E-state index contributed by atoms with van der Waals surface area (Å²) in [6, 6.07) is 6.62. The summed E-state index contributed by atoms with van der Waals surface area (Å²) >= 11 is 0. The van der Waals surface area contributed by atoms with E-state index in [0.29, 0.717) is 13.0 Å². The maximum atomic E-state index is 13.2. The van der Waals surface area contributed by atoms with Crippen LogP contribution in [0.4, 0.5) is 18.9 Å². The minimum Gasteiger partial charge on any atom is -0.496 e. The lowest BCUT2D eigenvalue weighted by Gasteiger charge is -2.25. The van der Waals surface area contributed by atoms with Crippen LogP contribution in [-0.4, -0.2) is 36.5 Å². The zero-order valence-electron chi connectivity index (χ0n) is 15.2. The third kappa shape index (κ3) is 3.92. The SMILES string of the molecule is COc1ccc(C(=O)Nc2cc3c(nc2C#N)CCN(C)C3)cc1C(F)(F)F. The Kier molecular flexibility index (Phi) is 5.25. The number of amides is 1. The molecule has 2 aromatic rings. The van der Waals surface area contributed by atoms with Crippen LogP contribution >= 0.6 is 0 Å². The number of aromatic nitrogens is 1. The second-order valence-corrected chi connectivity index (χ2v) is 6.46. The molecule has 28 heavy (non-hydrogen) atoms. The van der Waals surface area contributed by atoms with Gasteiger partial charge in [0.1, 0.15) is 11.8 Å². The number of rotatable bonds is 3. The number of anilines is 1. The minimum atomic E-state index is -4.67. The van der Waals surface area contributed by atoms with Crippen molar-refractivity contribution in [2.24, 2.45) is 0 Å². The van der Waals surface area contributed by atoms with E-state index in [1.165, 1.54) is 6.07 Å². The summed E-state index contributed by atoms with van der Waals surface area (Å²) < 4.78 is 44.3. The predicted molar refractivity (Wildman–Crippen MR) is 94.9 cm³/mol. The predicted octanol–water partition coefficient (Wildman–Crippen LogP) is 3.22. The highest BCUT2D eigenvalue weighted by Crippen LogP contribution is 2.36. The van der Waals surface area contributed by atoms with Gasteiger partial charge in [0.05, 0.1) is 18.4 Å². The van der Waals surface area contributed by atoms with Crippen LogP contribution in [-0.2, 0) is 19.1 Å². The van der Waals surface area contributed by atoms with Gasteiger partial charge in [-0.15, -0.1) is 0 Å². The van der Waals surface area contributed by atoms with Gasteiger partial charge in [-0.1, -0.05) is 0 Å². The van der Waals surface area contributed by atoms with Gasteiger partial charge in [-0.05, 0) is 36.9 Å². The number of methoxy groups -OCH3 is 1. The summed E-state index contributed by atoms with van der Waals surface area (Å²) in [5.41, 5.74) is 0.609. The first-order valence-corrected chi connectivity index (χ1v) is 8.41. The van der Waals surface area contributed by atoms with Crippen LogP contribution in [0.3, 0.4) is 0 Å². The van der Waals surface area contributed by atoms with Crippen molar-refractivity contribution < 1.29 is 22.7 Å². The Balaban J connectivity index is 1.93. The van der Waals surface area contributed by atoms with Crippen LogP contribution < -0.4 is 10.1 Å². The molecular formula is C19H17F3N4O2. The van der Waals surface area contributed by atoms with Crippen LogP contribution in [0, 0.1) is 11.3 Å². The fourth-order valence-corrected chi connectivity index (χ4v) is 3.06. The zero-order chi connectivity index (χ0) is 20.5. The Morgan fingerprint density at radius 1 is 1.36 bits per heavy atom. The number of fused-ring (bicyclic) bond motifs is 1. The maximum Gasteiger partial charge on any atom is 0.419 e. The van der Waals surface area contributed by atoms with Gasteiger partial charge >= 0.3 is 6.18 Å². The van der Waals surface area contributed by atoms with Crippen molar-refractivity contribution >= 4 is 11.6 Å². The summed E-state index contributed by atoms with van der Waals surface area (Å²) in [6.45, 7) is 1.42. The number of nitriles is 1. The molecule has 6 nitrogen and oxygen atoms in total. The first-order valence-electron chi connectivity index (χ1n) is 8.41. The van der Waals surface area contributed by atoms with E-state index < -0.39 is 17.6 Å². The quantitative estimate of drug-likeness (QED) is 0.871.